The number of methoxy groups -OCH3 is 1. The number of benzene rings is 2. The number of amides is 2. The summed E-state index contributed by atoms with van der Waals surface area (Å²) >= 11 is 0. The van der Waals surface area contributed by atoms with Crippen LogP contribution in [0.1, 0.15) is 24.0 Å². The minimum Gasteiger partial charge on any atom is -0.379 e. The fourth-order valence-corrected chi connectivity index (χ4v) is 4.52. The molecule has 9 heteroatoms. The van der Waals surface area contributed by atoms with Crippen molar-refractivity contribution in [3.8, 4) is 0 Å². The van der Waals surface area contributed by atoms with E-state index in [2.05, 4.69) is 10.6 Å². The van der Waals surface area contributed by atoms with Gasteiger partial charge in [0, 0.05) is 33.2 Å². The molecule has 1 aliphatic rings. The number of likely N-dealkylation sites (N-methyl/N-ethyl adjacent to an activating group) is 1. The van der Waals surface area contributed by atoms with Gasteiger partial charge in [0.1, 0.15) is 6.04 Å². The minimum atomic E-state index is -4.84. The highest BCUT2D eigenvalue weighted by Crippen LogP contribution is 2.33. The van der Waals surface area contributed by atoms with Crippen molar-refractivity contribution in [2.75, 3.05) is 20.7 Å². The van der Waals surface area contributed by atoms with E-state index in [0.29, 0.717) is 19.4 Å². The highest BCUT2D eigenvalue weighted by molar-refractivity contribution is 5.89. The zero-order valence-electron chi connectivity index (χ0n) is 19.9. The van der Waals surface area contributed by atoms with Gasteiger partial charge in [-0.25, -0.2) is 0 Å². The molecule has 0 bridgehead atoms. The summed E-state index contributed by atoms with van der Waals surface area (Å²) in [7, 11) is 2.75. The van der Waals surface area contributed by atoms with Crippen molar-refractivity contribution in [2.45, 2.75) is 50.2 Å². The minimum absolute atomic E-state index is 0.0639. The van der Waals surface area contributed by atoms with E-state index in [9.17, 15) is 22.8 Å². The third-order valence-corrected chi connectivity index (χ3v) is 6.27. The Labute approximate surface area is 203 Å². The summed E-state index contributed by atoms with van der Waals surface area (Å²) in [6.07, 6.45) is -4.99. The van der Waals surface area contributed by atoms with Crippen molar-refractivity contribution >= 4 is 11.8 Å². The molecular weight excluding hydrogens is 459 g/mol. The monoisotopic (exact) mass is 491 g/mol. The molecule has 2 aromatic carbocycles. The topological polar surface area (TPSA) is 70.7 Å². The van der Waals surface area contributed by atoms with Gasteiger partial charge in [0.25, 0.3) is 0 Å². The first-order valence-corrected chi connectivity index (χ1v) is 11.7. The van der Waals surface area contributed by atoms with Crippen molar-refractivity contribution in [3.63, 3.8) is 0 Å². The van der Waals surface area contributed by atoms with Crippen molar-refractivity contribution < 1.29 is 27.5 Å². The van der Waals surface area contributed by atoms with Gasteiger partial charge in [-0.1, -0.05) is 60.7 Å². The number of alkyl halides is 3. The Bertz CT molecular complexity index is 951. The lowest BCUT2D eigenvalue weighted by Gasteiger charge is -2.33. The van der Waals surface area contributed by atoms with Crippen LogP contribution in [-0.2, 0) is 27.3 Å². The van der Waals surface area contributed by atoms with Crippen LogP contribution in [0.2, 0.25) is 0 Å². The van der Waals surface area contributed by atoms with Gasteiger partial charge >= 0.3 is 6.18 Å². The zero-order valence-corrected chi connectivity index (χ0v) is 19.9. The first kappa shape index (κ1) is 26.7. The van der Waals surface area contributed by atoms with E-state index in [1.807, 2.05) is 30.3 Å². The zero-order chi connectivity index (χ0) is 25.4. The summed E-state index contributed by atoms with van der Waals surface area (Å²) < 4.78 is 47.6. The van der Waals surface area contributed by atoms with Gasteiger partial charge in [0.15, 0.2) is 5.92 Å². The van der Waals surface area contributed by atoms with Gasteiger partial charge in [-0.3, -0.25) is 9.59 Å². The highest BCUT2D eigenvalue weighted by atomic mass is 19.4. The van der Waals surface area contributed by atoms with Crippen LogP contribution in [0.15, 0.2) is 60.7 Å². The van der Waals surface area contributed by atoms with Crippen LogP contribution in [0.5, 0.6) is 0 Å². The van der Waals surface area contributed by atoms with E-state index in [-0.39, 0.29) is 13.0 Å². The molecule has 0 radical (unpaired) electrons. The third-order valence-electron chi connectivity index (χ3n) is 6.27. The second kappa shape index (κ2) is 12.2. The van der Waals surface area contributed by atoms with Gasteiger partial charge in [-0.2, -0.15) is 13.2 Å². The summed E-state index contributed by atoms with van der Waals surface area (Å²) in [5.41, 5.74) is 1.59. The normalized spacial score (nSPS) is 18.5. The Morgan fingerprint density at radius 2 is 1.69 bits per heavy atom. The average Bonchev–Trinajstić information content (AvgIpc) is 3.36. The molecule has 4 atom stereocenters. The third kappa shape index (κ3) is 7.29. The lowest BCUT2D eigenvalue weighted by molar-refractivity contribution is -0.208. The van der Waals surface area contributed by atoms with Crippen LogP contribution >= 0.6 is 0 Å². The number of ether oxygens (including phenoxy) is 1. The summed E-state index contributed by atoms with van der Waals surface area (Å²) in [6.45, 7) is 0.826. The Kier molecular flexibility index (Phi) is 9.28. The van der Waals surface area contributed by atoms with Gasteiger partial charge in [0.05, 0.1) is 6.10 Å². The molecule has 1 saturated heterocycles. The first-order chi connectivity index (χ1) is 16.7. The average molecular weight is 492 g/mol. The Balaban J connectivity index is 1.83. The van der Waals surface area contributed by atoms with E-state index < -0.39 is 42.1 Å². The standard InChI is InChI=1S/C26H32F3N3O3/c1-32(17-19-12-7-4-8-13-19)25(34)21(16-18-10-5-3-6-11-18)31-24(33)22(26(27,28)29)23(35-2)20-14-9-15-30-20/h3-8,10-13,20-23,30H,9,14-17H2,1-2H3,(H,31,33)/t20-,21-,22+,23-/m0/s1. The van der Waals surface area contributed by atoms with Crippen LogP contribution in [0.3, 0.4) is 0 Å². The highest BCUT2D eigenvalue weighted by Gasteiger charge is 2.53. The van der Waals surface area contributed by atoms with Crippen molar-refractivity contribution in [3.05, 3.63) is 71.8 Å². The van der Waals surface area contributed by atoms with Crippen LogP contribution in [-0.4, -0.2) is 61.8 Å². The number of carbonyl (C=O) groups excluding carboxylic acids is 2. The lowest BCUT2D eigenvalue weighted by atomic mass is 9.92. The van der Waals surface area contributed by atoms with Crippen LogP contribution in [0.25, 0.3) is 0 Å². The van der Waals surface area contributed by atoms with Gasteiger partial charge in [0.2, 0.25) is 11.8 Å². The van der Waals surface area contributed by atoms with Crippen molar-refractivity contribution in [1.29, 1.82) is 0 Å². The molecule has 0 saturated carbocycles. The molecule has 0 aliphatic carbocycles. The number of nitrogens with one attached hydrogen (secondary N) is 2. The maximum absolute atomic E-state index is 14.1. The molecule has 3 rings (SSSR count). The Hall–Kier alpha value is -2.91. The molecule has 2 aromatic rings. The lowest BCUT2D eigenvalue weighted by Crippen LogP contribution is -2.57. The second-order valence-corrected chi connectivity index (χ2v) is 8.85. The smallest absolute Gasteiger partial charge is 0.379 e. The predicted octanol–water partition coefficient (Wildman–Crippen LogP) is 3.32. The number of hydrogen-bond acceptors (Lipinski definition) is 4. The predicted molar refractivity (Wildman–Crippen MR) is 126 cm³/mol. The second-order valence-electron chi connectivity index (χ2n) is 8.85. The number of nitrogens with zero attached hydrogens (tertiary/aromatic N) is 1. The number of rotatable bonds is 10. The molecule has 0 spiro atoms. The SMILES string of the molecule is CO[C@@H]([C@@H]1CCCN1)[C@H](C(=O)N[C@@H](Cc1ccccc1)C(=O)N(C)Cc1ccccc1)C(F)(F)F. The van der Waals surface area contributed by atoms with E-state index >= 15 is 0 Å². The van der Waals surface area contributed by atoms with Gasteiger partial charge in [-0.05, 0) is 30.5 Å². The summed E-state index contributed by atoms with van der Waals surface area (Å²) in [4.78, 5) is 27.9. The fourth-order valence-electron chi connectivity index (χ4n) is 4.52. The fraction of sp³-hybridized carbons (Fsp3) is 0.462. The molecule has 6 nitrogen and oxygen atoms in total. The van der Waals surface area contributed by atoms with Crippen LogP contribution in [0, 0.1) is 5.92 Å². The molecule has 1 heterocycles. The van der Waals surface area contributed by atoms with Crippen molar-refractivity contribution in [1.82, 2.24) is 15.5 Å². The quantitative estimate of drug-likeness (QED) is 0.535. The first-order valence-electron chi connectivity index (χ1n) is 11.7. The largest absolute Gasteiger partial charge is 0.403 e. The van der Waals surface area contributed by atoms with E-state index in [1.165, 1.54) is 12.0 Å². The van der Waals surface area contributed by atoms with Gasteiger partial charge < -0.3 is 20.3 Å². The maximum atomic E-state index is 14.1. The van der Waals surface area contributed by atoms with Crippen LogP contribution in [0.4, 0.5) is 13.2 Å². The van der Waals surface area contributed by atoms with E-state index in [4.69, 9.17) is 4.74 Å². The Morgan fingerprint density at radius 3 is 2.20 bits per heavy atom. The number of hydrogen-bond donors (Lipinski definition) is 2. The molecule has 35 heavy (non-hydrogen) atoms. The molecule has 1 fully saturated rings. The van der Waals surface area contributed by atoms with Crippen LogP contribution < -0.4 is 10.6 Å². The summed E-state index contributed by atoms with van der Waals surface area (Å²) in [5, 5.41) is 5.42. The van der Waals surface area contributed by atoms with Crippen molar-refractivity contribution in [2.24, 2.45) is 5.92 Å². The molecule has 1 aliphatic heterocycles. The molecule has 2 amide bonds. The number of carbonyl (C=O) groups is 2. The molecule has 2 N–H and O–H groups in total. The van der Waals surface area contributed by atoms with Gasteiger partial charge in [-0.15, -0.1) is 0 Å². The molecule has 190 valence electrons. The summed E-state index contributed by atoms with van der Waals surface area (Å²) in [6, 6.07) is 16.4. The van der Waals surface area contributed by atoms with E-state index in [0.717, 1.165) is 11.1 Å². The molecule has 0 unspecified atom stereocenters. The number of halogens is 3. The van der Waals surface area contributed by atoms with E-state index in [1.54, 1.807) is 37.4 Å². The molecular formula is C26H32F3N3O3. The summed E-state index contributed by atoms with van der Waals surface area (Å²) in [5.74, 6) is -4.14. The molecule has 0 aromatic heterocycles. The maximum Gasteiger partial charge on any atom is 0.403 e. The Morgan fingerprint density at radius 1 is 1.09 bits per heavy atom.